The number of anilines is 3. The highest BCUT2D eigenvalue weighted by atomic mass is 35.5. The SMILES string of the molecule is O=S(=O)(Nc1ccc(-c2nc(-c3ccnc(Nc4ccc(OC(F)(F)F)cc4)c3)no2)cc1)c1ccc(Cl)s1. The first-order valence-electron chi connectivity index (χ1n) is 10.9. The van der Waals surface area contributed by atoms with Crippen LogP contribution in [0, 0.1) is 0 Å². The molecule has 0 aliphatic rings. The number of nitrogens with one attached hydrogen (secondary N) is 2. The minimum absolute atomic E-state index is 0.0943. The van der Waals surface area contributed by atoms with E-state index in [1.54, 1.807) is 36.4 Å². The third-order valence-corrected chi connectivity index (χ3v) is 8.11. The number of ether oxygens (including phenoxy) is 1. The molecule has 200 valence electrons. The van der Waals surface area contributed by atoms with E-state index in [4.69, 9.17) is 16.1 Å². The lowest BCUT2D eigenvalue weighted by Gasteiger charge is -2.10. The Balaban J connectivity index is 1.27. The van der Waals surface area contributed by atoms with Crippen LogP contribution in [-0.2, 0) is 10.0 Å². The van der Waals surface area contributed by atoms with Crippen LogP contribution in [0.1, 0.15) is 0 Å². The van der Waals surface area contributed by atoms with Crippen LogP contribution in [0.15, 0.2) is 87.7 Å². The van der Waals surface area contributed by atoms with E-state index in [0.717, 1.165) is 11.3 Å². The number of halogens is 4. The summed E-state index contributed by atoms with van der Waals surface area (Å²) in [7, 11) is -3.77. The molecule has 3 aromatic heterocycles. The molecule has 39 heavy (non-hydrogen) atoms. The number of thiophene rings is 1. The molecule has 2 aromatic carbocycles. The molecule has 15 heteroatoms. The van der Waals surface area contributed by atoms with Crippen molar-refractivity contribution < 1.29 is 30.8 Å². The summed E-state index contributed by atoms with van der Waals surface area (Å²) in [6.07, 6.45) is -3.26. The second-order valence-corrected chi connectivity index (χ2v) is 11.4. The van der Waals surface area contributed by atoms with Crippen LogP contribution in [0.3, 0.4) is 0 Å². The number of alkyl halides is 3. The summed E-state index contributed by atoms with van der Waals surface area (Å²) in [4.78, 5) is 8.59. The maximum absolute atomic E-state index is 12.5. The minimum atomic E-state index is -4.77. The number of rotatable bonds is 8. The van der Waals surface area contributed by atoms with Gasteiger partial charge in [-0.25, -0.2) is 13.4 Å². The van der Waals surface area contributed by atoms with Crippen molar-refractivity contribution in [1.82, 2.24) is 15.1 Å². The standard InChI is InChI=1S/C24H15ClF3N5O4S2/c25-19-9-10-21(38-19)39(34,35)33-17-3-1-14(2-4-17)23-31-22(32-37-23)15-11-12-29-20(13-15)30-16-5-7-18(8-6-16)36-24(26,27)28/h1-13,33H,(H,29,30). The zero-order valence-corrected chi connectivity index (χ0v) is 21.7. The maximum Gasteiger partial charge on any atom is 0.573 e. The number of pyridine rings is 1. The van der Waals surface area contributed by atoms with Gasteiger partial charge in [0.05, 0.1) is 4.34 Å². The van der Waals surface area contributed by atoms with Gasteiger partial charge in [0.2, 0.25) is 5.82 Å². The summed E-state index contributed by atoms with van der Waals surface area (Å²) in [5.74, 6) is 0.527. The molecular formula is C24H15ClF3N5O4S2. The molecule has 0 fully saturated rings. The molecule has 0 bridgehead atoms. The van der Waals surface area contributed by atoms with Crippen molar-refractivity contribution in [3.8, 4) is 28.6 Å². The van der Waals surface area contributed by atoms with Crippen molar-refractivity contribution in [2.24, 2.45) is 0 Å². The molecule has 5 aromatic rings. The molecule has 0 aliphatic heterocycles. The number of hydrogen-bond donors (Lipinski definition) is 2. The maximum atomic E-state index is 12.5. The lowest BCUT2D eigenvalue weighted by atomic mass is 10.2. The van der Waals surface area contributed by atoms with Gasteiger partial charge in [-0.2, -0.15) is 4.98 Å². The van der Waals surface area contributed by atoms with Gasteiger partial charge in [-0.1, -0.05) is 16.8 Å². The van der Waals surface area contributed by atoms with Crippen LogP contribution < -0.4 is 14.8 Å². The summed E-state index contributed by atoms with van der Waals surface area (Å²) < 4.78 is 74.2. The highest BCUT2D eigenvalue weighted by molar-refractivity contribution is 7.94. The number of benzene rings is 2. The molecule has 0 saturated carbocycles. The summed E-state index contributed by atoms with van der Waals surface area (Å²) in [6.45, 7) is 0. The van der Waals surface area contributed by atoms with Crippen molar-refractivity contribution >= 4 is 50.2 Å². The zero-order chi connectivity index (χ0) is 27.6. The Bertz CT molecular complexity index is 1710. The van der Waals surface area contributed by atoms with Gasteiger partial charge >= 0.3 is 6.36 Å². The molecule has 3 heterocycles. The first-order chi connectivity index (χ1) is 18.5. The first kappa shape index (κ1) is 26.5. The predicted octanol–water partition coefficient (Wildman–Crippen LogP) is 6.96. The second kappa shape index (κ2) is 10.6. The van der Waals surface area contributed by atoms with Gasteiger partial charge in [-0.15, -0.1) is 24.5 Å². The first-order valence-corrected chi connectivity index (χ1v) is 13.5. The van der Waals surface area contributed by atoms with E-state index >= 15 is 0 Å². The Kier molecular flexibility index (Phi) is 7.16. The molecule has 0 saturated heterocycles. The van der Waals surface area contributed by atoms with E-state index in [0.29, 0.717) is 32.7 Å². The van der Waals surface area contributed by atoms with Crippen molar-refractivity contribution in [2.75, 3.05) is 10.0 Å². The Morgan fingerprint density at radius 3 is 2.31 bits per heavy atom. The summed E-state index contributed by atoms with van der Waals surface area (Å²) in [5.41, 5.74) is 1.95. The smallest absolute Gasteiger partial charge is 0.406 e. The van der Waals surface area contributed by atoms with Gasteiger partial charge in [0.25, 0.3) is 15.9 Å². The highest BCUT2D eigenvalue weighted by Gasteiger charge is 2.31. The molecule has 0 unspecified atom stereocenters. The van der Waals surface area contributed by atoms with Crippen LogP contribution >= 0.6 is 22.9 Å². The van der Waals surface area contributed by atoms with Crippen LogP contribution in [0.25, 0.3) is 22.8 Å². The van der Waals surface area contributed by atoms with E-state index in [2.05, 4.69) is 29.9 Å². The molecule has 0 radical (unpaired) electrons. The minimum Gasteiger partial charge on any atom is -0.406 e. The third kappa shape index (κ3) is 6.66. The van der Waals surface area contributed by atoms with Crippen molar-refractivity contribution in [3.05, 3.63) is 83.3 Å². The fourth-order valence-electron chi connectivity index (χ4n) is 3.31. The lowest BCUT2D eigenvalue weighted by Crippen LogP contribution is -2.16. The van der Waals surface area contributed by atoms with Crippen molar-refractivity contribution in [1.29, 1.82) is 0 Å². The van der Waals surface area contributed by atoms with Gasteiger partial charge in [-0.3, -0.25) is 4.72 Å². The molecule has 0 amide bonds. The lowest BCUT2D eigenvalue weighted by molar-refractivity contribution is -0.274. The number of sulfonamides is 1. The summed E-state index contributed by atoms with van der Waals surface area (Å²) >= 11 is 6.78. The number of hydrogen-bond acceptors (Lipinski definition) is 9. The monoisotopic (exact) mass is 593 g/mol. The largest absolute Gasteiger partial charge is 0.573 e. The van der Waals surface area contributed by atoms with Gasteiger partial charge in [0, 0.05) is 28.7 Å². The van der Waals surface area contributed by atoms with Crippen LogP contribution in [0.2, 0.25) is 4.34 Å². The Morgan fingerprint density at radius 1 is 0.923 bits per heavy atom. The Labute approximate surface area is 228 Å². The topological polar surface area (TPSA) is 119 Å². The third-order valence-electron chi connectivity index (χ3n) is 5.00. The molecule has 2 N–H and O–H groups in total. The summed E-state index contributed by atoms with van der Waals surface area (Å²) in [5, 5.41) is 6.98. The van der Waals surface area contributed by atoms with E-state index in [9.17, 15) is 21.6 Å². The fourth-order valence-corrected chi connectivity index (χ4v) is 5.85. The highest BCUT2D eigenvalue weighted by Crippen LogP contribution is 2.29. The van der Waals surface area contributed by atoms with Crippen molar-refractivity contribution in [2.45, 2.75) is 10.6 Å². The fraction of sp³-hybridized carbons (Fsp3) is 0.0417. The van der Waals surface area contributed by atoms with E-state index in [-0.39, 0.29) is 21.7 Å². The molecule has 5 rings (SSSR count). The van der Waals surface area contributed by atoms with Gasteiger partial charge < -0.3 is 14.6 Å². The Morgan fingerprint density at radius 2 is 1.64 bits per heavy atom. The van der Waals surface area contributed by atoms with E-state index in [1.807, 2.05) is 0 Å². The predicted molar refractivity (Wildman–Crippen MR) is 140 cm³/mol. The van der Waals surface area contributed by atoms with Gasteiger partial charge in [-0.05, 0) is 72.8 Å². The summed E-state index contributed by atoms with van der Waals surface area (Å²) in [6, 6.07) is 17.8. The Hall–Kier alpha value is -4.14. The second-order valence-electron chi connectivity index (χ2n) is 7.79. The van der Waals surface area contributed by atoms with Crippen LogP contribution in [0.5, 0.6) is 5.75 Å². The van der Waals surface area contributed by atoms with E-state index < -0.39 is 16.4 Å². The average Bonchev–Trinajstić information content (AvgIpc) is 3.55. The van der Waals surface area contributed by atoms with Crippen LogP contribution in [0.4, 0.5) is 30.4 Å². The molecule has 0 aliphatic carbocycles. The molecule has 0 atom stereocenters. The zero-order valence-electron chi connectivity index (χ0n) is 19.3. The normalized spacial score (nSPS) is 11.8. The van der Waals surface area contributed by atoms with E-state index in [1.165, 1.54) is 42.6 Å². The molecule has 0 spiro atoms. The molecule has 9 nitrogen and oxygen atoms in total. The van der Waals surface area contributed by atoms with Gasteiger partial charge in [0.1, 0.15) is 15.8 Å². The van der Waals surface area contributed by atoms with Crippen molar-refractivity contribution in [3.63, 3.8) is 0 Å². The van der Waals surface area contributed by atoms with Crippen LogP contribution in [-0.4, -0.2) is 29.9 Å². The number of aromatic nitrogens is 3. The average molecular weight is 594 g/mol. The number of nitrogens with zero attached hydrogens (tertiary/aromatic N) is 3. The van der Waals surface area contributed by atoms with Gasteiger partial charge in [0.15, 0.2) is 0 Å². The quantitative estimate of drug-likeness (QED) is 0.198. The molecular weight excluding hydrogens is 579 g/mol.